The van der Waals surface area contributed by atoms with Crippen molar-refractivity contribution in [3.8, 4) is 0 Å². The minimum atomic E-state index is 0.144. The maximum absolute atomic E-state index is 12.6. The van der Waals surface area contributed by atoms with E-state index in [1.807, 2.05) is 17.0 Å². The van der Waals surface area contributed by atoms with Crippen LogP contribution in [-0.2, 0) is 4.79 Å². The van der Waals surface area contributed by atoms with Crippen LogP contribution in [0.5, 0.6) is 0 Å². The molecule has 1 atom stereocenters. The first-order chi connectivity index (χ1) is 12.2. The van der Waals surface area contributed by atoms with Gasteiger partial charge in [-0.05, 0) is 37.5 Å². The largest absolute Gasteiger partial charge is 0.341 e. The third kappa shape index (κ3) is 3.53. The maximum atomic E-state index is 12.6. The smallest absolute Gasteiger partial charge is 0.233 e. The number of aromatic nitrogens is 5. The van der Waals surface area contributed by atoms with E-state index < -0.39 is 0 Å². The van der Waals surface area contributed by atoms with Crippen LogP contribution in [0, 0.1) is 6.92 Å². The van der Waals surface area contributed by atoms with Crippen LogP contribution in [0.3, 0.4) is 0 Å². The summed E-state index contributed by atoms with van der Waals surface area (Å²) >= 11 is 1.46. The Balaban J connectivity index is 1.37. The topological polar surface area (TPSA) is 90.6 Å². The van der Waals surface area contributed by atoms with E-state index in [0.29, 0.717) is 12.3 Å². The summed E-state index contributed by atoms with van der Waals surface area (Å²) in [6.07, 6.45) is 3.55. The second-order valence-electron chi connectivity index (χ2n) is 6.40. The lowest BCUT2D eigenvalue weighted by Crippen LogP contribution is -2.40. The molecule has 0 aliphatic carbocycles. The van der Waals surface area contributed by atoms with E-state index in [2.05, 4.69) is 38.1 Å². The number of nitrogens with one attached hydrogen (secondary N) is 2. The summed E-state index contributed by atoms with van der Waals surface area (Å²) < 4.78 is 0. The van der Waals surface area contributed by atoms with Crippen LogP contribution in [0.2, 0.25) is 0 Å². The van der Waals surface area contributed by atoms with Crippen LogP contribution in [0.1, 0.15) is 30.1 Å². The Bertz CT molecular complexity index is 875. The van der Waals surface area contributed by atoms with Gasteiger partial charge in [0.25, 0.3) is 0 Å². The molecule has 1 unspecified atom stereocenters. The molecule has 1 fully saturated rings. The fourth-order valence-corrected chi connectivity index (χ4v) is 4.02. The zero-order chi connectivity index (χ0) is 17.2. The van der Waals surface area contributed by atoms with Crippen LogP contribution in [0.25, 0.3) is 11.0 Å². The number of carbonyl (C=O) groups is 1. The van der Waals surface area contributed by atoms with Crippen LogP contribution in [0.4, 0.5) is 0 Å². The third-order valence-electron chi connectivity index (χ3n) is 4.54. The lowest BCUT2D eigenvalue weighted by Gasteiger charge is -2.31. The first-order valence-electron chi connectivity index (χ1n) is 8.41. The number of aryl methyl sites for hydroxylation is 1. The Morgan fingerprint density at radius 3 is 3.20 bits per heavy atom. The van der Waals surface area contributed by atoms with E-state index in [-0.39, 0.29) is 11.8 Å². The third-order valence-corrected chi connectivity index (χ3v) is 5.40. The first kappa shape index (κ1) is 16.1. The Morgan fingerprint density at radius 1 is 1.44 bits per heavy atom. The molecule has 25 heavy (non-hydrogen) atoms. The van der Waals surface area contributed by atoms with Crippen molar-refractivity contribution >= 4 is 28.7 Å². The van der Waals surface area contributed by atoms with Crippen LogP contribution < -0.4 is 0 Å². The lowest BCUT2D eigenvalue weighted by molar-refractivity contribution is -0.129. The number of piperidine rings is 1. The van der Waals surface area contributed by atoms with Gasteiger partial charge in [0.05, 0.1) is 16.8 Å². The highest BCUT2D eigenvalue weighted by atomic mass is 32.2. The Labute approximate surface area is 149 Å². The van der Waals surface area contributed by atoms with Crippen LogP contribution >= 0.6 is 11.8 Å². The Morgan fingerprint density at radius 2 is 2.36 bits per heavy atom. The standard InChI is InChI=1S/C17H20N6OS/c1-11-4-5-13-14(7-11)21-17(20-13)25-9-15(24)23-6-2-3-12(8-23)16-18-10-19-22-16/h4-5,7,10,12H,2-3,6,8-9H2,1H3,(H,20,21)(H,18,19,22). The highest BCUT2D eigenvalue weighted by Crippen LogP contribution is 2.25. The molecule has 1 saturated heterocycles. The molecular weight excluding hydrogens is 336 g/mol. The quantitative estimate of drug-likeness (QED) is 0.701. The van der Waals surface area contributed by atoms with Gasteiger partial charge in [0.1, 0.15) is 12.2 Å². The van der Waals surface area contributed by atoms with Crippen molar-refractivity contribution in [2.24, 2.45) is 0 Å². The van der Waals surface area contributed by atoms with E-state index in [1.165, 1.54) is 23.7 Å². The van der Waals surface area contributed by atoms with Gasteiger partial charge in [-0.3, -0.25) is 9.89 Å². The predicted molar refractivity (Wildman–Crippen MR) is 96.5 cm³/mol. The van der Waals surface area contributed by atoms with Crippen molar-refractivity contribution in [3.05, 3.63) is 35.9 Å². The molecule has 2 aromatic heterocycles. The number of rotatable bonds is 4. The van der Waals surface area contributed by atoms with E-state index >= 15 is 0 Å². The van der Waals surface area contributed by atoms with Gasteiger partial charge in [0.2, 0.25) is 5.91 Å². The molecule has 0 saturated carbocycles. The van der Waals surface area contributed by atoms with Gasteiger partial charge in [-0.2, -0.15) is 5.10 Å². The van der Waals surface area contributed by atoms with E-state index in [0.717, 1.165) is 41.4 Å². The minimum absolute atomic E-state index is 0.144. The summed E-state index contributed by atoms with van der Waals surface area (Å²) in [5.41, 5.74) is 3.14. The zero-order valence-electron chi connectivity index (χ0n) is 14.0. The van der Waals surface area contributed by atoms with Gasteiger partial charge in [0, 0.05) is 19.0 Å². The highest BCUT2D eigenvalue weighted by molar-refractivity contribution is 7.99. The summed E-state index contributed by atoms with van der Waals surface area (Å²) in [6, 6.07) is 6.11. The van der Waals surface area contributed by atoms with Crippen molar-refractivity contribution in [1.29, 1.82) is 0 Å². The molecular formula is C17H20N6OS. The van der Waals surface area contributed by atoms with E-state index in [4.69, 9.17) is 0 Å². The monoisotopic (exact) mass is 356 g/mol. The molecule has 1 aliphatic heterocycles. The second-order valence-corrected chi connectivity index (χ2v) is 7.36. The molecule has 1 aromatic carbocycles. The fraction of sp³-hybridized carbons (Fsp3) is 0.412. The number of aromatic amines is 2. The van der Waals surface area contributed by atoms with Gasteiger partial charge < -0.3 is 9.88 Å². The number of nitrogens with zero attached hydrogens (tertiary/aromatic N) is 4. The van der Waals surface area contributed by atoms with Crippen molar-refractivity contribution in [2.75, 3.05) is 18.8 Å². The molecule has 0 radical (unpaired) electrons. The molecule has 0 bridgehead atoms. The van der Waals surface area contributed by atoms with E-state index in [9.17, 15) is 4.79 Å². The molecule has 4 rings (SSSR count). The minimum Gasteiger partial charge on any atom is -0.341 e. The molecule has 0 spiro atoms. The maximum Gasteiger partial charge on any atom is 0.233 e. The van der Waals surface area contributed by atoms with Crippen molar-refractivity contribution in [2.45, 2.75) is 30.8 Å². The van der Waals surface area contributed by atoms with E-state index in [1.54, 1.807) is 0 Å². The first-order valence-corrected chi connectivity index (χ1v) is 9.40. The number of H-pyrrole nitrogens is 2. The predicted octanol–water partition coefficient (Wildman–Crippen LogP) is 2.49. The van der Waals surface area contributed by atoms with Gasteiger partial charge in [-0.1, -0.05) is 17.8 Å². The molecule has 1 aliphatic rings. The van der Waals surface area contributed by atoms with Gasteiger partial charge in [-0.15, -0.1) is 0 Å². The number of thioether (sulfide) groups is 1. The highest BCUT2D eigenvalue weighted by Gasteiger charge is 2.26. The SMILES string of the molecule is Cc1ccc2nc(SCC(=O)N3CCCC(c4ncn[nH]4)C3)[nH]c2c1. The summed E-state index contributed by atoms with van der Waals surface area (Å²) in [5, 5.41) is 7.63. The molecule has 7 nitrogen and oxygen atoms in total. The lowest BCUT2D eigenvalue weighted by atomic mass is 9.97. The number of hydrogen-bond donors (Lipinski definition) is 2. The van der Waals surface area contributed by atoms with Crippen molar-refractivity contribution < 1.29 is 4.79 Å². The van der Waals surface area contributed by atoms with Crippen molar-refractivity contribution in [1.82, 2.24) is 30.0 Å². The van der Waals surface area contributed by atoms with Gasteiger partial charge >= 0.3 is 0 Å². The number of likely N-dealkylation sites (tertiary alicyclic amines) is 1. The van der Waals surface area contributed by atoms with Gasteiger partial charge in [-0.25, -0.2) is 9.97 Å². The number of imidazole rings is 1. The molecule has 2 N–H and O–H groups in total. The van der Waals surface area contributed by atoms with Gasteiger partial charge in [0.15, 0.2) is 5.16 Å². The molecule has 1 amide bonds. The summed E-state index contributed by atoms with van der Waals surface area (Å²) in [4.78, 5) is 26.6. The second kappa shape index (κ2) is 6.87. The van der Waals surface area contributed by atoms with Crippen LogP contribution in [-0.4, -0.2) is 54.8 Å². The summed E-state index contributed by atoms with van der Waals surface area (Å²) in [5.74, 6) is 1.66. The number of carbonyl (C=O) groups excluding carboxylic acids is 1. The fourth-order valence-electron chi connectivity index (χ4n) is 3.23. The molecule has 3 aromatic rings. The Kier molecular flexibility index (Phi) is 4.44. The zero-order valence-corrected chi connectivity index (χ0v) is 14.8. The van der Waals surface area contributed by atoms with Crippen LogP contribution in [0.15, 0.2) is 29.7 Å². The number of hydrogen-bond acceptors (Lipinski definition) is 5. The van der Waals surface area contributed by atoms with Crippen molar-refractivity contribution in [3.63, 3.8) is 0 Å². The molecule has 8 heteroatoms. The summed E-state index contributed by atoms with van der Waals surface area (Å²) in [7, 11) is 0. The normalized spacial score (nSPS) is 18.0. The average molecular weight is 356 g/mol. The Hall–Kier alpha value is -2.35. The molecule has 3 heterocycles. The number of amides is 1. The average Bonchev–Trinajstić information content (AvgIpc) is 3.29. The summed E-state index contributed by atoms with van der Waals surface area (Å²) in [6.45, 7) is 3.56. The number of fused-ring (bicyclic) bond motifs is 1. The molecule has 130 valence electrons. The number of benzene rings is 1.